The first-order valence-electron chi connectivity index (χ1n) is 8.39. The zero-order valence-corrected chi connectivity index (χ0v) is 15.0. The lowest BCUT2D eigenvalue weighted by Gasteiger charge is -2.15. The zero-order chi connectivity index (χ0) is 18.1. The molecule has 3 rings (SSSR count). The number of benzene rings is 2. The number of fused-ring (bicyclic) bond motifs is 1. The largest absolute Gasteiger partial charge is 0.496 e. The fourth-order valence-electron chi connectivity index (χ4n) is 3.49. The maximum atomic E-state index is 12.4. The molecular formula is C21H22O4. The Hall–Kier alpha value is -2.62. The minimum atomic E-state index is -0.0101. The molecule has 1 aliphatic rings. The third-order valence-electron chi connectivity index (χ3n) is 4.76. The second-order valence-electron chi connectivity index (χ2n) is 6.57. The van der Waals surface area contributed by atoms with Crippen molar-refractivity contribution in [3.8, 4) is 11.5 Å². The molecule has 2 aromatic rings. The second kappa shape index (κ2) is 6.71. The Morgan fingerprint density at radius 2 is 1.92 bits per heavy atom. The molecule has 0 heterocycles. The number of rotatable bonds is 5. The standard InChI is InChI=1S/C21H22O4/c1-12-5-7-19(21-17(23)9-13(2)20(12)21)25-11-16-10-15(14(3)22)6-8-18(16)24-4/h5-8,10,13H,9,11H2,1-4H3/t13-/m1/s1. The van der Waals surface area contributed by atoms with Crippen molar-refractivity contribution in [3.05, 3.63) is 58.1 Å². The number of carbonyl (C=O) groups is 2. The number of ether oxygens (including phenoxy) is 2. The van der Waals surface area contributed by atoms with Gasteiger partial charge in [0.15, 0.2) is 11.6 Å². The van der Waals surface area contributed by atoms with Gasteiger partial charge < -0.3 is 9.47 Å². The Morgan fingerprint density at radius 1 is 1.20 bits per heavy atom. The maximum Gasteiger partial charge on any atom is 0.167 e. The van der Waals surface area contributed by atoms with Crippen molar-refractivity contribution in [1.29, 1.82) is 0 Å². The monoisotopic (exact) mass is 338 g/mol. The van der Waals surface area contributed by atoms with Crippen LogP contribution in [-0.4, -0.2) is 18.7 Å². The Labute approximate surface area is 147 Å². The van der Waals surface area contributed by atoms with Crippen molar-refractivity contribution in [2.75, 3.05) is 7.11 Å². The van der Waals surface area contributed by atoms with Crippen molar-refractivity contribution in [2.24, 2.45) is 0 Å². The van der Waals surface area contributed by atoms with Crippen LogP contribution in [0.15, 0.2) is 30.3 Å². The van der Waals surface area contributed by atoms with E-state index in [1.807, 2.05) is 19.1 Å². The van der Waals surface area contributed by atoms with Gasteiger partial charge in [0.1, 0.15) is 18.1 Å². The van der Waals surface area contributed by atoms with Crippen LogP contribution >= 0.6 is 0 Å². The van der Waals surface area contributed by atoms with Gasteiger partial charge in [-0.25, -0.2) is 0 Å². The summed E-state index contributed by atoms with van der Waals surface area (Å²) in [6.07, 6.45) is 0.527. The highest BCUT2D eigenvalue weighted by molar-refractivity contribution is 6.04. The van der Waals surface area contributed by atoms with E-state index in [2.05, 4.69) is 6.92 Å². The summed E-state index contributed by atoms with van der Waals surface area (Å²) in [6.45, 7) is 5.86. The van der Waals surface area contributed by atoms with Gasteiger partial charge in [0.05, 0.1) is 12.7 Å². The molecule has 0 saturated heterocycles. The molecule has 0 N–H and O–H groups in total. The van der Waals surface area contributed by atoms with Gasteiger partial charge in [-0.2, -0.15) is 0 Å². The van der Waals surface area contributed by atoms with E-state index in [1.54, 1.807) is 25.3 Å². The van der Waals surface area contributed by atoms with Gasteiger partial charge in [-0.1, -0.05) is 13.0 Å². The molecule has 4 nitrogen and oxygen atoms in total. The number of methoxy groups -OCH3 is 1. The van der Waals surface area contributed by atoms with Crippen LogP contribution in [0.2, 0.25) is 0 Å². The summed E-state index contributed by atoms with van der Waals surface area (Å²) in [7, 11) is 1.58. The molecule has 0 saturated carbocycles. The Morgan fingerprint density at radius 3 is 2.60 bits per heavy atom. The minimum Gasteiger partial charge on any atom is -0.496 e. The first kappa shape index (κ1) is 17.2. The highest BCUT2D eigenvalue weighted by atomic mass is 16.5. The van der Waals surface area contributed by atoms with Crippen molar-refractivity contribution < 1.29 is 19.1 Å². The van der Waals surface area contributed by atoms with Gasteiger partial charge in [0.2, 0.25) is 0 Å². The summed E-state index contributed by atoms with van der Waals surface area (Å²) in [5, 5.41) is 0. The van der Waals surface area contributed by atoms with Crippen LogP contribution in [0.25, 0.3) is 0 Å². The summed E-state index contributed by atoms with van der Waals surface area (Å²) < 4.78 is 11.3. The summed E-state index contributed by atoms with van der Waals surface area (Å²) in [6, 6.07) is 9.12. The highest BCUT2D eigenvalue weighted by Gasteiger charge is 2.31. The van der Waals surface area contributed by atoms with Gasteiger partial charge in [0, 0.05) is 17.5 Å². The lowest BCUT2D eigenvalue weighted by Crippen LogP contribution is -2.05. The number of ketones is 2. The van der Waals surface area contributed by atoms with E-state index < -0.39 is 0 Å². The summed E-state index contributed by atoms with van der Waals surface area (Å²) in [5.41, 5.74) is 4.30. The molecule has 0 unspecified atom stereocenters. The predicted octanol–water partition coefficient (Wildman–Crippen LogP) is 4.48. The molecule has 130 valence electrons. The predicted molar refractivity (Wildman–Crippen MR) is 95.9 cm³/mol. The topological polar surface area (TPSA) is 52.6 Å². The molecule has 0 aliphatic heterocycles. The van der Waals surface area contributed by atoms with Gasteiger partial charge in [-0.3, -0.25) is 9.59 Å². The average Bonchev–Trinajstić information content (AvgIpc) is 2.89. The lowest BCUT2D eigenvalue weighted by molar-refractivity contribution is 0.0984. The average molecular weight is 338 g/mol. The van der Waals surface area contributed by atoms with Crippen LogP contribution in [0.3, 0.4) is 0 Å². The van der Waals surface area contributed by atoms with E-state index in [4.69, 9.17) is 9.47 Å². The molecule has 0 spiro atoms. The van der Waals surface area contributed by atoms with Crippen molar-refractivity contribution in [1.82, 2.24) is 0 Å². The van der Waals surface area contributed by atoms with E-state index in [9.17, 15) is 9.59 Å². The number of hydrogen-bond acceptors (Lipinski definition) is 4. The fraction of sp³-hybridized carbons (Fsp3) is 0.333. The second-order valence-corrected chi connectivity index (χ2v) is 6.57. The van der Waals surface area contributed by atoms with Crippen LogP contribution in [0.1, 0.15) is 63.6 Å². The van der Waals surface area contributed by atoms with Gasteiger partial charge in [-0.05, 0) is 55.2 Å². The first-order chi connectivity index (χ1) is 11.9. The quantitative estimate of drug-likeness (QED) is 0.755. The third-order valence-corrected chi connectivity index (χ3v) is 4.76. The molecule has 1 atom stereocenters. The van der Waals surface area contributed by atoms with E-state index in [-0.39, 0.29) is 24.1 Å². The smallest absolute Gasteiger partial charge is 0.167 e. The molecule has 0 bridgehead atoms. The Kier molecular flexibility index (Phi) is 4.62. The van der Waals surface area contributed by atoms with Crippen LogP contribution in [0, 0.1) is 6.92 Å². The summed E-state index contributed by atoms with van der Waals surface area (Å²) >= 11 is 0. The molecule has 1 aliphatic carbocycles. The van der Waals surface area contributed by atoms with Crippen LogP contribution in [0.5, 0.6) is 11.5 Å². The van der Waals surface area contributed by atoms with Gasteiger partial charge in [-0.15, -0.1) is 0 Å². The van der Waals surface area contributed by atoms with E-state index >= 15 is 0 Å². The van der Waals surface area contributed by atoms with E-state index in [0.717, 1.165) is 16.7 Å². The summed E-state index contributed by atoms with van der Waals surface area (Å²) in [4.78, 5) is 24.0. The number of hydrogen-bond donors (Lipinski definition) is 0. The van der Waals surface area contributed by atoms with Crippen LogP contribution in [-0.2, 0) is 6.61 Å². The molecule has 25 heavy (non-hydrogen) atoms. The summed E-state index contributed by atoms with van der Waals surface area (Å²) in [5.74, 6) is 1.61. The lowest BCUT2D eigenvalue weighted by atomic mass is 9.97. The molecular weight excluding hydrogens is 316 g/mol. The van der Waals surface area contributed by atoms with Gasteiger partial charge in [0.25, 0.3) is 0 Å². The molecule has 0 radical (unpaired) electrons. The van der Waals surface area contributed by atoms with E-state index in [0.29, 0.717) is 29.0 Å². The number of Topliss-reactive ketones (excluding diaryl/α,β-unsaturated/α-hetero) is 2. The molecule has 0 aromatic heterocycles. The van der Waals surface area contributed by atoms with Crippen molar-refractivity contribution in [3.63, 3.8) is 0 Å². The van der Waals surface area contributed by atoms with Crippen molar-refractivity contribution in [2.45, 2.75) is 39.7 Å². The normalized spacial score (nSPS) is 15.8. The molecule has 0 fully saturated rings. The van der Waals surface area contributed by atoms with E-state index in [1.165, 1.54) is 6.92 Å². The maximum absolute atomic E-state index is 12.4. The molecule has 0 amide bonds. The Balaban J connectivity index is 1.92. The van der Waals surface area contributed by atoms with Gasteiger partial charge >= 0.3 is 0 Å². The first-order valence-corrected chi connectivity index (χ1v) is 8.39. The zero-order valence-electron chi connectivity index (χ0n) is 15.0. The highest BCUT2D eigenvalue weighted by Crippen LogP contribution is 2.40. The number of aryl methyl sites for hydroxylation is 1. The van der Waals surface area contributed by atoms with Crippen LogP contribution < -0.4 is 9.47 Å². The third kappa shape index (κ3) is 3.16. The Bertz CT molecular complexity index is 851. The SMILES string of the molecule is COc1ccc(C(C)=O)cc1COc1ccc(C)c2c1C(=O)C[C@H]2C. The number of carbonyl (C=O) groups excluding carboxylic acids is 2. The minimum absolute atomic E-state index is 0.0101. The molecule has 4 heteroatoms. The molecule has 2 aromatic carbocycles. The van der Waals surface area contributed by atoms with Crippen LogP contribution in [0.4, 0.5) is 0 Å². The fourth-order valence-corrected chi connectivity index (χ4v) is 3.49. The van der Waals surface area contributed by atoms with Crippen molar-refractivity contribution >= 4 is 11.6 Å².